The van der Waals surface area contributed by atoms with Crippen molar-refractivity contribution in [3.8, 4) is 0 Å². The van der Waals surface area contributed by atoms with Crippen LogP contribution in [0.25, 0.3) is 0 Å². The van der Waals surface area contributed by atoms with E-state index in [-0.39, 0.29) is 24.2 Å². The Balaban J connectivity index is 1.70. The van der Waals surface area contributed by atoms with E-state index >= 15 is 0 Å². The molecule has 1 N–H and O–H groups in total. The lowest BCUT2D eigenvalue weighted by molar-refractivity contribution is -0.122. The Morgan fingerprint density at radius 2 is 1.81 bits per heavy atom. The minimum absolute atomic E-state index is 0.0104. The predicted molar refractivity (Wildman–Crippen MR) is 106 cm³/mol. The molecule has 26 heavy (non-hydrogen) atoms. The highest BCUT2D eigenvalue weighted by Gasteiger charge is 2.35. The lowest BCUT2D eigenvalue weighted by Crippen LogP contribution is -2.28. The highest BCUT2D eigenvalue weighted by molar-refractivity contribution is 6.03. The highest BCUT2D eigenvalue weighted by atomic mass is 16.2. The number of hydrogen-bond donors (Lipinski definition) is 1. The van der Waals surface area contributed by atoms with Gasteiger partial charge in [-0.2, -0.15) is 0 Å². The van der Waals surface area contributed by atoms with Crippen molar-refractivity contribution < 1.29 is 9.59 Å². The number of anilines is 3. The van der Waals surface area contributed by atoms with Gasteiger partial charge in [0.15, 0.2) is 0 Å². The number of aryl methyl sites for hydroxylation is 2. The van der Waals surface area contributed by atoms with E-state index in [1.807, 2.05) is 75.3 Å². The van der Waals surface area contributed by atoms with Gasteiger partial charge >= 0.3 is 0 Å². The fourth-order valence-electron chi connectivity index (χ4n) is 3.17. The minimum atomic E-state index is -0.337. The molecule has 1 saturated heterocycles. The summed E-state index contributed by atoms with van der Waals surface area (Å²) in [6.45, 7) is 4.37. The summed E-state index contributed by atoms with van der Waals surface area (Å²) in [5, 5.41) is 2.99. The van der Waals surface area contributed by atoms with Crippen LogP contribution in [-0.2, 0) is 9.59 Å². The molecule has 5 nitrogen and oxygen atoms in total. The van der Waals surface area contributed by atoms with Crippen LogP contribution in [0.4, 0.5) is 17.1 Å². The standard InChI is InChI=1S/C21H25N3O2/c1-14-5-6-15(2)19(11-14)22-21(26)16-12-20(25)24(13-16)18-9-7-17(8-10-18)23(3)4/h5-11,16H,12-13H2,1-4H3,(H,22,26). The number of hydrogen-bond acceptors (Lipinski definition) is 3. The molecule has 1 aliphatic rings. The Hall–Kier alpha value is -2.82. The zero-order valence-electron chi connectivity index (χ0n) is 15.7. The van der Waals surface area contributed by atoms with Crippen LogP contribution >= 0.6 is 0 Å². The first-order valence-electron chi connectivity index (χ1n) is 8.81. The van der Waals surface area contributed by atoms with Gasteiger partial charge < -0.3 is 15.1 Å². The maximum Gasteiger partial charge on any atom is 0.229 e. The summed E-state index contributed by atoms with van der Waals surface area (Å²) in [4.78, 5) is 28.8. The van der Waals surface area contributed by atoms with E-state index in [2.05, 4.69) is 5.32 Å². The molecule has 0 bridgehead atoms. The molecule has 0 aliphatic carbocycles. The molecule has 1 atom stereocenters. The number of nitrogens with zero attached hydrogens (tertiary/aromatic N) is 2. The van der Waals surface area contributed by atoms with Crippen LogP contribution < -0.4 is 15.1 Å². The van der Waals surface area contributed by atoms with Gasteiger partial charge in [0.25, 0.3) is 0 Å². The van der Waals surface area contributed by atoms with Crippen molar-refractivity contribution in [2.75, 3.05) is 35.8 Å². The molecular weight excluding hydrogens is 326 g/mol. The van der Waals surface area contributed by atoms with Gasteiger partial charge in [-0.3, -0.25) is 9.59 Å². The average Bonchev–Trinajstić information content (AvgIpc) is 3.00. The molecule has 2 amide bonds. The normalized spacial score (nSPS) is 16.7. The number of amides is 2. The van der Waals surface area contributed by atoms with E-state index in [1.54, 1.807) is 4.90 Å². The van der Waals surface area contributed by atoms with Crippen molar-refractivity contribution in [1.29, 1.82) is 0 Å². The van der Waals surface area contributed by atoms with E-state index in [1.165, 1.54) is 0 Å². The molecule has 0 saturated carbocycles. The molecule has 1 aliphatic heterocycles. The van der Waals surface area contributed by atoms with E-state index in [0.29, 0.717) is 6.54 Å². The van der Waals surface area contributed by atoms with Gasteiger partial charge in [-0.05, 0) is 55.3 Å². The fourth-order valence-corrected chi connectivity index (χ4v) is 3.17. The Labute approximate surface area is 154 Å². The lowest BCUT2D eigenvalue weighted by atomic mass is 10.1. The van der Waals surface area contributed by atoms with Crippen LogP contribution in [0, 0.1) is 19.8 Å². The molecule has 2 aromatic rings. The van der Waals surface area contributed by atoms with Gasteiger partial charge in [0.1, 0.15) is 0 Å². The molecule has 0 aromatic heterocycles. The zero-order chi connectivity index (χ0) is 18.8. The maximum atomic E-state index is 12.6. The number of rotatable bonds is 4. The second-order valence-corrected chi connectivity index (χ2v) is 7.12. The first kappa shape index (κ1) is 18.0. The van der Waals surface area contributed by atoms with E-state index in [4.69, 9.17) is 0 Å². The third-order valence-corrected chi connectivity index (χ3v) is 4.82. The first-order valence-corrected chi connectivity index (χ1v) is 8.81. The Morgan fingerprint density at radius 3 is 2.46 bits per heavy atom. The second-order valence-electron chi connectivity index (χ2n) is 7.12. The van der Waals surface area contributed by atoms with Crippen molar-refractivity contribution in [2.24, 2.45) is 5.92 Å². The molecule has 2 aromatic carbocycles. The fraction of sp³-hybridized carbons (Fsp3) is 0.333. The van der Waals surface area contributed by atoms with Crippen LogP contribution in [0.15, 0.2) is 42.5 Å². The monoisotopic (exact) mass is 351 g/mol. The summed E-state index contributed by atoms with van der Waals surface area (Å²) in [7, 11) is 3.95. The smallest absolute Gasteiger partial charge is 0.229 e. The second kappa shape index (κ2) is 7.20. The number of carbonyl (C=O) groups excluding carboxylic acids is 2. The third-order valence-electron chi connectivity index (χ3n) is 4.82. The topological polar surface area (TPSA) is 52.7 Å². The molecule has 0 spiro atoms. The van der Waals surface area contributed by atoms with Gasteiger partial charge in [0.2, 0.25) is 11.8 Å². The molecular formula is C21H25N3O2. The van der Waals surface area contributed by atoms with Crippen LogP contribution in [0.1, 0.15) is 17.5 Å². The molecule has 136 valence electrons. The molecule has 1 heterocycles. The number of carbonyl (C=O) groups is 2. The summed E-state index contributed by atoms with van der Waals surface area (Å²) in [6, 6.07) is 13.8. The van der Waals surface area contributed by atoms with Crippen LogP contribution in [0.3, 0.4) is 0 Å². The van der Waals surface area contributed by atoms with Gasteiger partial charge in [-0.15, -0.1) is 0 Å². The van der Waals surface area contributed by atoms with Crippen molar-refractivity contribution >= 4 is 28.9 Å². The van der Waals surface area contributed by atoms with Gasteiger partial charge in [-0.25, -0.2) is 0 Å². The summed E-state index contributed by atoms with van der Waals surface area (Å²) in [5.74, 6) is -0.445. The lowest BCUT2D eigenvalue weighted by Gasteiger charge is -2.19. The quantitative estimate of drug-likeness (QED) is 0.919. The van der Waals surface area contributed by atoms with Crippen LogP contribution in [-0.4, -0.2) is 32.5 Å². The van der Waals surface area contributed by atoms with Crippen molar-refractivity contribution in [1.82, 2.24) is 0 Å². The van der Waals surface area contributed by atoms with E-state index in [9.17, 15) is 9.59 Å². The molecule has 5 heteroatoms. The number of benzene rings is 2. The van der Waals surface area contributed by atoms with Crippen molar-refractivity contribution in [3.05, 3.63) is 53.6 Å². The Kier molecular flexibility index (Phi) is 4.98. The summed E-state index contributed by atoms with van der Waals surface area (Å²) >= 11 is 0. The zero-order valence-corrected chi connectivity index (χ0v) is 15.7. The van der Waals surface area contributed by atoms with Crippen molar-refractivity contribution in [2.45, 2.75) is 20.3 Å². The van der Waals surface area contributed by atoms with Crippen molar-refractivity contribution in [3.63, 3.8) is 0 Å². The maximum absolute atomic E-state index is 12.6. The largest absolute Gasteiger partial charge is 0.378 e. The Morgan fingerprint density at radius 1 is 1.12 bits per heavy atom. The summed E-state index contributed by atoms with van der Waals surface area (Å²) < 4.78 is 0. The van der Waals surface area contributed by atoms with E-state index in [0.717, 1.165) is 28.2 Å². The van der Waals surface area contributed by atoms with Gasteiger partial charge in [0.05, 0.1) is 5.92 Å². The first-order chi connectivity index (χ1) is 12.3. The highest BCUT2D eigenvalue weighted by Crippen LogP contribution is 2.28. The Bertz CT molecular complexity index is 828. The van der Waals surface area contributed by atoms with E-state index < -0.39 is 0 Å². The van der Waals surface area contributed by atoms with Crippen LogP contribution in [0.2, 0.25) is 0 Å². The molecule has 0 radical (unpaired) electrons. The van der Waals surface area contributed by atoms with Gasteiger partial charge in [0, 0.05) is 44.1 Å². The molecule has 1 unspecified atom stereocenters. The average molecular weight is 351 g/mol. The van der Waals surface area contributed by atoms with Gasteiger partial charge in [-0.1, -0.05) is 12.1 Å². The summed E-state index contributed by atoms with van der Waals surface area (Å²) in [5.41, 5.74) is 4.84. The predicted octanol–water partition coefficient (Wildman–Crippen LogP) is 3.36. The minimum Gasteiger partial charge on any atom is -0.378 e. The number of nitrogens with one attached hydrogen (secondary N) is 1. The SMILES string of the molecule is Cc1ccc(C)c(NC(=O)C2CC(=O)N(c3ccc(N(C)C)cc3)C2)c1. The summed E-state index contributed by atoms with van der Waals surface area (Å²) in [6.07, 6.45) is 0.242. The molecule has 3 rings (SSSR count). The van der Waals surface area contributed by atoms with Crippen LogP contribution in [0.5, 0.6) is 0 Å². The third kappa shape index (κ3) is 3.72. The molecule has 1 fully saturated rings.